The van der Waals surface area contributed by atoms with Gasteiger partial charge in [0.2, 0.25) is 0 Å². The molecule has 2 N–H and O–H groups in total. The van der Waals surface area contributed by atoms with Crippen LogP contribution in [0.5, 0.6) is 0 Å². The zero-order chi connectivity index (χ0) is 9.56. The maximum absolute atomic E-state index is 9.43. The molecule has 70 valence electrons. The van der Waals surface area contributed by atoms with Gasteiger partial charge in [0, 0.05) is 6.54 Å². The summed E-state index contributed by atoms with van der Waals surface area (Å²) in [5.41, 5.74) is 0. The molecule has 0 aliphatic carbocycles. The molecule has 0 spiro atoms. The number of hydrogen-bond donors (Lipinski definition) is 2. The first kappa shape index (κ1) is 11.5. The zero-order valence-corrected chi connectivity index (χ0v) is 8.17. The lowest BCUT2D eigenvalue weighted by Gasteiger charge is -2.15. The zero-order valence-electron chi connectivity index (χ0n) is 8.17. The predicted molar refractivity (Wildman–Crippen MR) is 51.8 cm³/mol. The van der Waals surface area contributed by atoms with E-state index in [9.17, 15) is 5.11 Å². The van der Waals surface area contributed by atoms with E-state index in [1.54, 1.807) is 0 Å². The van der Waals surface area contributed by atoms with Crippen molar-refractivity contribution in [3.05, 3.63) is 0 Å². The van der Waals surface area contributed by atoms with Crippen LogP contribution in [0.4, 0.5) is 0 Å². The van der Waals surface area contributed by atoms with E-state index in [2.05, 4.69) is 25.1 Å². The molecule has 0 aliphatic heterocycles. The van der Waals surface area contributed by atoms with E-state index < -0.39 is 0 Å². The number of aliphatic hydroxyl groups is 1. The molecule has 12 heavy (non-hydrogen) atoms. The molecule has 2 heteroatoms. The third kappa shape index (κ3) is 6.21. The van der Waals surface area contributed by atoms with Crippen LogP contribution in [0.2, 0.25) is 0 Å². The molecule has 0 heterocycles. The predicted octanol–water partition coefficient (Wildman–Crippen LogP) is 1.00. The van der Waals surface area contributed by atoms with E-state index in [1.807, 2.05) is 6.92 Å². The summed E-state index contributed by atoms with van der Waals surface area (Å²) in [6, 6.07) is 0.0480. The van der Waals surface area contributed by atoms with E-state index in [4.69, 9.17) is 6.42 Å². The van der Waals surface area contributed by atoms with Crippen molar-refractivity contribution in [2.45, 2.75) is 39.3 Å². The van der Waals surface area contributed by atoms with Crippen LogP contribution in [0.3, 0.4) is 0 Å². The van der Waals surface area contributed by atoms with Gasteiger partial charge in [0.05, 0.1) is 12.1 Å². The fourth-order valence-electron chi connectivity index (χ4n) is 0.999. The van der Waals surface area contributed by atoms with Crippen molar-refractivity contribution >= 4 is 0 Å². The Morgan fingerprint density at radius 2 is 2.00 bits per heavy atom. The van der Waals surface area contributed by atoms with E-state index in [1.165, 1.54) is 0 Å². The first-order valence-corrected chi connectivity index (χ1v) is 4.43. The monoisotopic (exact) mass is 169 g/mol. The summed E-state index contributed by atoms with van der Waals surface area (Å²) >= 11 is 0. The fraction of sp³-hybridized carbons (Fsp3) is 0.800. The summed E-state index contributed by atoms with van der Waals surface area (Å²) in [4.78, 5) is 0. The van der Waals surface area contributed by atoms with Crippen LogP contribution in [0.25, 0.3) is 0 Å². The molecule has 0 saturated carbocycles. The van der Waals surface area contributed by atoms with Gasteiger partial charge in [-0.05, 0) is 19.3 Å². The van der Waals surface area contributed by atoms with Crippen molar-refractivity contribution in [1.82, 2.24) is 5.32 Å². The van der Waals surface area contributed by atoms with Crippen LogP contribution >= 0.6 is 0 Å². The van der Waals surface area contributed by atoms with Crippen LogP contribution in [0.15, 0.2) is 0 Å². The van der Waals surface area contributed by atoms with Crippen LogP contribution in [0, 0.1) is 18.3 Å². The first-order valence-electron chi connectivity index (χ1n) is 4.43. The number of rotatable bonds is 5. The standard InChI is InChI=1S/C10H19NO/c1-5-9(4)11-7-10(12)6-8(2)3/h1,8-12H,6-7H2,2-4H3. The Hall–Kier alpha value is -0.520. The molecule has 0 bridgehead atoms. The van der Waals surface area contributed by atoms with Gasteiger partial charge >= 0.3 is 0 Å². The second kappa shape index (κ2) is 6.05. The van der Waals surface area contributed by atoms with Crippen molar-refractivity contribution in [3.8, 4) is 12.3 Å². The largest absolute Gasteiger partial charge is 0.392 e. The van der Waals surface area contributed by atoms with Gasteiger partial charge in [0.15, 0.2) is 0 Å². The van der Waals surface area contributed by atoms with Crippen molar-refractivity contribution in [2.24, 2.45) is 5.92 Å². The highest BCUT2D eigenvalue weighted by molar-refractivity contribution is 4.95. The smallest absolute Gasteiger partial charge is 0.0667 e. The molecule has 0 radical (unpaired) electrons. The van der Waals surface area contributed by atoms with E-state index in [0.717, 1.165) is 6.42 Å². The van der Waals surface area contributed by atoms with Crippen LogP contribution in [-0.4, -0.2) is 23.8 Å². The van der Waals surface area contributed by atoms with Gasteiger partial charge in [-0.25, -0.2) is 0 Å². The molecule has 0 fully saturated rings. The minimum atomic E-state index is -0.277. The molecule has 0 aromatic carbocycles. The lowest BCUT2D eigenvalue weighted by Crippen LogP contribution is -2.33. The molecular weight excluding hydrogens is 150 g/mol. The van der Waals surface area contributed by atoms with Gasteiger partial charge in [0.1, 0.15) is 0 Å². The van der Waals surface area contributed by atoms with Gasteiger partial charge in [-0.15, -0.1) is 6.42 Å². The summed E-state index contributed by atoms with van der Waals surface area (Å²) < 4.78 is 0. The van der Waals surface area contributed by atoms with Gasteiger partial charge in [-0.1, -0.05) is 19.8 Å². The molecule has 2 atom stereocenters. The van der Waals surface area contributed by atoms with Crippen molar-refractivity contribution < 1.29 is 5.11 Å². The van der Waals surface area contributed by atoms with Crippen LogP contribution in [-0.2, 0) is 0 Å². The molecule has 0 saturated heterocycles. The average molecular weight is 169 g/mol. The number of terminal acetylenes is 1. The van der Waals surface area contributed by atoms with Crippen LogP contribution < -0.4 is 5.32 Å². The lowest BCUT2D eigenvalue weighted by atomic mass is 10.1. The molecular formula is C10H19NO. The van der Waals surface area contributed by atoms with Gasteiger partial charge < -0.3 is 10.4 Å². The number of hydrogen-bond acceptors (Lipinski definition) is 2. The molecule has 0 rings (SSSR count). The Morgan fingerprint density at radius 1 is 1.42 bits per heavy atom. The fourth-order valence-corrected chi connectivity index (χ4v) is 0.999. The average Bonchev–Trinajstić information content (AvgIpc) is 1.99. The SMILES string of the molecule is C#CC(C)NCC(O)CC(C)C. The lowest BCUT2D eigenvalue weighted by molar-refractivity contribution is 0.145. The summed E-state index contributed by atoms with van der Waals surface area (Å²) in [5, 5.41) is 12.5. The third-order valence-electron chi connectivity index (χ3n) is 1.65. The molecule has 0 amide bonds. The Morgan fingerprint density at radius 3 is 2.42 bits per heavy atom. The molecule has 0 aromatic rings. The highest BCUT2D eigenvalue weighted by Crippen LogP contribution is 2.03. The third-order valence-corrected chi connectivity index (χ3v) is 1.65. The number of aliphatic hydroxyl groups excluding tert-OH is 1. The highest BCUT2D eigenvalue weighted by Gasteiger charge is 2.06. The van der Waals surface area contributed by atoms with Crippen molar-refractivity contribution in [1.29, 1.82) is 0 Å². The summed E-state index contributed by atoms with van der Waals surface area (Å²) in [6.45, 7) is 6.67. The van der Waals surface area contributed by atoms with E-state index >= 15 is 0 Å². The highest BCUT2D eigenvalue weighted by atomic mass is 16.3. The summed E-state index contributed by atoms with van der Waals surface area (Å²) in [5.74, 6) is 3.08. The summed E-state index contributed by atoms with van der Waals surface area (Å²) in [6.07, 6.45) is 5.71. The first-order chi connectivity index (χ1) is 5.56. The van der Waals surface area contributed by atoms with Crippen LogP contribution in [0.1, 0.15) is 27.2 Å². The minimum absolute atomic E-state index is 0.0480. The molecule has 0 aliphatic rings. The Balaban J connectivity index is 3.45. The Labute approximate surface area is 75.4 Å². The molecule has 2 unspecified atom stereocenters. The Kier molecular flexibility index (Phi) is 5.79. The number of nitrogens with one attached hydrogen (secondary N) is 1. The van der Waals surface area contributed by atoms with Gasteiger partial charge in [0.25, 0.3) is 0 Å². The maximum Gasteiger partial charge on any atom is 0.0667 e. The Bertz CT molecular complexity index is 148. The van der Waals surface area contributed by atoms with E-state index in [0.29, 0.717) is 12.5 Å². The van der Waals surface area contributed by atoms with Gasteiger partial charge in [-0.3, -0.25) is 0 Å². The second-order valence-corrected chi connectivity index (χ2v) is 3.58. The second-order valence-electron chi connectivity index (χ2n) is 3.58. The van der Waals surface area contributed by atoms with E-state index in [-0.39, 0.29) is 12.1 Å². The molecule has 0 aromatic heterocycles. The maximum atomic E-state index is 9.43. The topological polar surface area (TPSA) is 32.3 Å². The van der Waals surface area contributed by atoms with Crippen molar-refractivity contribution in [2.75, 3.05) is 6.54 Å². The quantitative estimate of drug-likeness (QED) is 0.602. The summed E-state index contributed by atoms with van der Waals surface area (Å²) in [7, 11) is 0. The normalized spacial score (nSPS) is 15.7. The molecule has 2 nitrogen and oxygen atoms in total. The van der Waals surface area contributed by atoms with Gasteiger partial charge in [-0.2, -0.15) is 0 Å². The minimum Gasteiger partial charge on any atom is -0.392 e. The van der Waals surface area contributed by atoms with Crippen molar-refractivity contribution in [3.63, 3.8) is 0 Å².